The Balaban J connectivity index is 2.96. The maximum Gasteiger partial charge on any atom is 0.250 e. The first-order valence-electron chi connectivity index (χ1n) is 4.89. The Morgan fingerprint density at radius 1 is 1.00 bits per heavy atom. The van der Waals surface area contributed by atoms with Gasteiger partial charge < -0.3 is 14.0 Å². The summed E-state index contributed by atoms with van der Waals surface area (Å²) in [5.74, 6) is 1.39. The second-order valence-corrected chi connectivity index (χ2v) is 3.46. The number of aromatic nitrogens is 1. The van der Waals surface area contributed by atoms with Crippen molar-refractivity contribution in [1.29, 1.82) is 0 Å². The Morgan fingerprint density at radius 3 is 2.25 bits per heavy atom. The Morgan fingerprint density at radius 2 is 1.62 bits per heavy atom. The van der Waals surface area contributed by atoms with E-state index in [9.17, 15) is 4.79 Å². The van der Waals surface area contributed by atoms with E-state index in [2.05, 4.69) is 0 Å². The van der Waals surface area contributed by atoms with Crippen LogP contribution in [0.4, 0.5) is 0 Å². The zero-order valence-corrected chi connectivity index (χ0v) is 9.48. The molecule has 1 heterocycles. The molecule has 0 aliphatic heterocycles. The molecule has 1 aromatic heterocycles. The topological polar surface area (TPSA) is 40.5 Å². The van der Waals surface area contributed by atoms with Crippen LogP contribution in [0.2, 0.25) is 0 Å². The average Bonchev–Trinajstić information content (AvgIpc) is 2.32. The third-order valence-electron chi connectivity index (χ3n) is 2.64. The lowest BCUT2D eigenvalue weighted by molar-refractivity contribution is 0.408. The summed E-state index contributed by atoms with van der Waals surface area (Å²) < 4.78 is 12.1. The zero-order valence-electron chi connectivity index (χ0n) is 9.48. The minimum absolute atomic E-state index is 0.0703. The number of nitrogens with zero attached hydrogens (tertiary/aromatic N) is 1. The van der Waals surface area contributed by atoms with Gasteiger partial charge in [0.1, 0.15) is 11.5 Å². The fraction of sp³-hybridized carbons (Fsp3) is 0.250. The number of pyridine rings is 1. The van der Waals surface area contributed by atoms with Crippen molar-refractivity contribution in [3.8, 4) is 11.5 Å². The number of rotatable bonds is 2. The van der Waals surface area contributed by atoms with Crippen molar-refractivity contribution in [2.75, 3.05) is 14.2 Å². The molecular weight excluding hydrogens is 206 g/mol. The van der Waals surface area contributed by atoms with Crippen LogP contribution in [0.5, 0.6) is 11.5 Å². The molecule has 2 aromatic rings. The summed E-state index contributed by atoms with van der Waals surface area (Å²) in [7, 11) is 4.90. The molecule has 0 aliphatic carbocycles. The second-order valence-electron chi connectivity index (χ2n) is 3.46. The Kier molecular flexibility index (Phi) is 2.56. The Bertz CT molecular complexity index is 587. The summed E-state index contributed by atoms with van der Waals surface area (Å²) >= 11 is 0. The third kappa shape index (κ3) is 1.43. The number of methoxy groups -OCH3 is 2. The molecule has 4 nitrogen and oxygen atoms in total. The summed E-state index contributed by atoms with van der Waals surface area (Å²) in [6, 6.07) is 6.88. The van der Waals surface area contributed by atoms with Crippen molar-refractivity contribution in [3.63, 3.8) is 0 Å². The quantitative estimate of drug-likeness (QED) is 0.769. The fourth-order valence-electron chi connectivity index (χ4n) is 1.80. The van der Waals surface area contributed by atoms with Crippen LogP contribution in [0.25, 0.3) is 10.9 Å². The van der Waals surface area contributed by atoms with E-state index in [0.29, 0.717) is 5.75 Å². The molecule has 0 fully saturated rings. The number of hydrogen-bond acceptors (Lipinski definition) is 3. The molecule has 0 amide bonds. The molecule has 0 saturated carbocycles. The minimum atomic E-state index is -0.0703. The highest BCUT2D eigenvalue weighted by Crippen LogP contribution is 2.31. The lowest BCUT2D eigenvalue weighted by Crippen LogP contribution is -2.15. The normalized spacial score (nSPS) is 10.4. The zero-order chi connectivity index (χ0) is 11.7. The van der Waals surface area contributed by atoms with Gasteiger partial charge in [0, 0.05) is 18.5 Å². The molecule has 0 saturated heterocycles. The molecule has 0 unspecified atom stereocenters. The summed E-state index contributed by atoms with van der Waals surface area (Å²) in [5, 5.41) is 0.865. The SMILES string of the molecule is COc1ccc(OC)c2c1ccc(=O)n2C. The summed E-state index contributed by atoms with van der Waals surface area (Å²) in [5.41, 5.74) is 0.674. The summed E-state index contributed by atoms with van der Waals surface area (Å²) in [6.45, 7) is 0. The maximum atomic E-state index is 11.6. The van der Waals surface area contributed by atoms with Gasteiger partial charge in [-0.05, 0) is 18.2 Å². The molecule has 16 heavy (non-hydrogen) atoms. The van der Waals surface area contributed by atoms with E-state index in [1.165, 1.54) is 6.07 Å². The van der Waals surface area contributed by atoms with E-state index < -0.39 is 0 Å². The molecule has 4 heteroatoms. The van der Waals surface area contributed by atoms with E-state index in [4.69, 9.17) is 9.47 Å². The second kappa shape index (κ2) is 3.89. The van der Waals surface area contributed by atoms with Crippen molar-refractivity contribution >= 4 is 10.9 Å². The van der Waals surface area contributed by atoms with Gasteiger partial charge >= 0.3 is 0 Å². The number of hydrogen-bond donors (Lipinski definition) is 0. The molecule has 0 atom stereocenters. The van der Waals surface area contributed by atoms with Crippen molar-refractivity contribution in [3.05, 3.63) is 34.6 Å². The van der Waals surface area contributed by atoms with Crippen LogP contribution in [0.15, 0.2) is 29.1 Å². The average molecular weight is 219 g/mol. The van der Waals surface area contributed by atoms with Gasteiger partial charge in [0.05, 0.1) is 19.7 Å². The molecule has 84 valence electrons. The number of ether oxygens (including phenoxy) is 2. The molecule has 0 aliphatic rings. The predicted molar refractivity (Wildman–Crippen MR) is 62.3 cm³/mol. The molecule has 2 rings (SSSR count). The van der Waals surface area contributed by atoms with Crippen molar-refractivity contribution in [2.24, 2.45) is 7.05 Å². The van der Waals surface area contributed by atoms with Crippen LogP contribution in [-0.4, -0.2) is 18.8 Å². The van der Waals surface area contributed by atoms with E-state index in [1.807, 2.05) is 6.07 Å². The van der Waals surface area contributed by atoms with Gasteiger partial charge in [0.25, 0.3) is 5.56 Å². The van der Waals surface area contributed by atoms with Gasteiger partial charge in [-0.2, -0.15) is 0 Å². The Hall–Kier alpha value is -1.97. The first kappa shape index (κ1) is 10.5. The number of aryl methyl sites for hydroxylation is 1. The fourth-order valence-corrected chi connectivity index (χ4v) is 1.80. The molecule has 0 bridgehead atoms. The summed E-state index contributed by atoms with van der Waals surface area (Å²) in [4.78, 5) is 11.6. The molecule has 1 aromatic carbocycles. The van der Waals surface area contributed by atoms with Gasteiger partial charge in [-0.15, -0.1) is 0 Å². The molecule has 0 N–H and O–H groups in total. The van der Waals surface area contributed by atoms with Gasteiger partial charge in [0.2, 0.25) is 0 Å². The first-order chi connectivity index (χ1) is 7.69. The number of fused-ring (bicyclic) bond motifs is 1. The van der Waals surface area contributed by atoms with Gasteiger partial charge in [-0.25, -0.2) is 0 Å². The van der Waals surface area contributed by atoms with E-state index in [0.717, 1.165) is 16.7 Å². The maximum absolute atomic E-state index is 11.6. The van der Waals surface area contributed by atoms with Crippen LogP contribution >= 0.6 is 0 Å². The molecule has 0 radical (unpaired) electrons. The van der Waals surface area contributed by atoms with Crippen LogP contribution in [0.1, 0.15) is 0 Å². The lowest BCUT2D eigenvalue weighted by Gasteiger charge is -2.12. The van der Waals surface area contributed by atoms with Gasteiger partial charge in [-0.1, -0.05) is 0 Å². The van der Waals surface area contributed by atoms with Crippen molar-refractivity contribution < 1.29 is 9.47 Å². The largest absolute Gasteiger partial charge is 0.496 e. The smallest absolute Gasteiger partial charge is 0.250 e. The van der Waals surface area contributed by atoms with Crippen molar-refractivity contribution in [2.45, 2.75) is 0 Å². The van der Waals surface area contributed by atoms with Crippen LogP contribution in [0.3, 0.4) is 0 Å². The van der Waals surface area contributed by atoms with Crippen molar-refractivity contribution in [1.82, 2.24) is 4.57 Å². The minimum Gasteiger partial charge on any atom is -0.496 e. The third-order valence-corrected chi connectivity index (χ3v) is 2.64. The Labute approximate surface area is 93.0 Å². The van der Waals surface area contributed by atoms with Gasteiger partial charge in [0.15, 0.2) is 0 Å². The lowest BCUT2D eigenvalue weighted by atomic mass is 10.2. The first-order valence-corrected chi connectivity index (χ1v) is 4.89. The number of benzene rings is 1. The van der Waals surface area contributed by atoms with E-state index in [-0.39, 0.29) is 5.56 Å². The summed E-state index contributed by atoms with van der Waals surface area (Å²) in [6.07, 6.45) is 0. The van der Waals surface area contributed by atoms with Crippen LogP contribution in [-0.2, 0) is 7.05 Å². The van der Waals surface area contributed by atoms with E-state index >= 15 is 0 Å². The standard InChI is InChI=1S/C12H13NO3/c1-13-11(14)7-4-8-9(15-2)5-6-10(16-3)12(8)13/h4-7H,1-3H3. The van der Waals surface area contributed by atoms with Gasteiger partial charge in [-0.3, -0.25) is 4.79 Å². The van der Waals surface area contributed by atoms with Crippen LogP contribution < -0.4 is 15.0 Å². The highest BCUT2D eigenvalue weighted by Gasteiger charge is 2.10. The van der Waals surface area contributed by atoms with E-state index in [1.54, 1.807) is 38.0 Å². The van der Waals surface area contributed by atoms with Crippen LogP contribution in [0, 0.1) is 0 Å². The predicted octanol–water partition coefficient (Wildman–Crippen LogP) is 1.56. The highest BCUT2D eigenvalue weighted by molar-refractivity contribution is 5.90. The monoisotopic (exact) mass is 219 g/mol. The molecule has 0 spiro atoms. The molecular formula is C12H13NO3. The highest BCUT2D eigenvalue weighted by atomic mass is 16.5.